The van der Waals surface area contributed by atoms with Gasteiger partial charge < -0.3 is 11.5 Å². The monoisotopic (exact) mass is 156 g/mol. The van der Waals surface area contributed by atoms with Crippen molar-refractivity contribution in [3.05, 3.63) is 23.5 Å². The lowest BCUT2D eigenvalue weighted by molar-refractivity contribution is 0.309. The Morgan fingerprint density at radius 1 is 1.36 bits per heavy atom. The van der Waals surface area contributed by atoms with Crippen LogP contribution in [0, 0.1) is 5.92 Å². The summed E-state index contributed by atoms with van der Waals surface area (Å²) >= 11 is 0. The highest BCUT2D eigenvalue weighted by Gasteiger charge is 2.20. The molecule has 1 rings (SSSR count). The summed E-state index contributed by atoms with van der Waals surface area (Å²) in [6, 6.07) is 0. The second-order valence-electron chi connectivity index (χ2n) is 2.76. The minimum absolute atomic E-state index is 0.0951. The van der Waals surface area contributed by atoms with Gasteiger partial charge >= 0.3 is 0 Å². The van der Waals surface area contributed by atoms with Crippen LogP contribution in [0.1, 0.15) is 13.3 Å². The van der Waals surface area contributed by atoms with Crippen LogP contribution in [0.4, 0.5) is 4.39 Å². The lowest BCUT2D eigenvalue weighted by Gasteiger charge is -2.19. The third kappa shape index (κ3) is 1.53. The Hall–Kier alpha value is -0.990. The van der Waals surface area contributed by atoms with Crippen molar-refractivity contribution in [2.75, 3.05) is 0 Å². The summed E-state index contributed by atoms with van der Waals surface area (Å²) in [5, 5.41) is 0. The number of nitrogens with two attached hydrogens (primary N) is 2. The van der Waals surface area contributed by atoms with Crippen LogP contribution in [-0.4, -0.2) is 6.17 Å². The van der Waals surface area contributed by atoms with Gasteiger partial charge in [-0.25, -0.2) is 4.39 Å². The maximum absolute atomic E-state index is 13.0. The normalized spacial score (nSPS) is 31.1. The molecule has 4 N–H and O–H groups in total. The Morgan fingerprint density at radius 2 is 1.91 bits per heavy atom. The number of halogens is 1. The Balaban J connectivity index is 2.79. The van der Waals surface area contributed by atoms with E-state index >= 15 is 0 Å². The van der Waals surface area contributed by atoms with Gasteiger partial charge in [0.05, 0.1) is 11.4 Å². The first kappa shape index (κ1) is 8.11. The summed E-state index contributed by atoms with van der Waals surface area (Å²) in [5.74, 6) is -0.0951. The SMILES string of the molecule is CCC1C=C(N)C(N)=CC1F. The first-order chi connectivity index (χ1) is 5.15. The molecule has 0 bridgehead atoms. The van der Waals surface area contributed by atoms with Gasteiger partial charge in [-0.15, -0.1) is 0 Å². The van der Waals surface area contributed by atoms with Crippen molar-refractivity contribution in [3.63, 3.8) is 0 Å². The molecule has 0 saturated carbocycles. The van der Waals surface area contributed by atoms with Crippen LogP contribution in [0.2, 0.25) is 0 Å². The minimum Gasteiger partial charge on any atom is -0.397 e. The number of alkyl halides is 1. The predicted molar refractivity (Wildman–Crippen MR) is 43.2 cm³/mol. The maximum atomic E-state index is 13.0. The third-order valence-corrected chi connectivity index (χ3v) is 1.95. The van der Waals surface area contributed by atoms with Gasteiger partial charge in [0.15, 0.2) is 0 Å². The van der Waals surface area contributed by atoms with E-state index in [2.05, 4.69) is 0 Å². The third-order valence-electron chi connectivity index (χ3n) is 1.95. The van der Waals surface area contributed by atoms with Crippen molar-refractivity contribution in [2.45, 2.75) is 19.5 Å². The van der Waals surface area contributed by atoms with Gasteiger partial charge in [-0.1, -0.05) is 13.0 Å². The topological polar surface area (TPSA) is 52.0 Å². The molecule has 0 radical (unpaired) electrons. The molecule has 0 spiro atoms. The fourth-order valence-electron chi connectivity index (χ4n) is 1.15. The van der Waals surface area contributed by atoms with Crippen molar-refractivity contribution < 1.29 is 4.39 Å². The molecule has 0 aliphatic heterocycles. The molecule has 0 aromatic heterocycles. The standard InChI is InChI=1S/C8H13FN2/c1-2-5-3-7(10)8(11)4-6(5)9/h3-6H,2,10-11H2,1H3. The van der Waals surface area contributed by atoms with Crippen LogP contribution >= 0.6 is 0 Å². The molecule has 0 saturated heterocycles. The van der Waals surface area contributed by atoms with E-state index in [1.165, 1.54) is 6.08 Å². The van der Waals surface area contributed by atoms with Gasteiger partial charge in [-0.3, -0.25) is 0 Å². The fourth-order valence-corrected chi connectivity index (χ4v) is 1.15. The molecule has 0 fully saturated rings. The molecule has 11 heavy (non-hydrogen) atoms. The molecule has 0 aromatic carbocycles. The van der Waals surface area contributed by atoms with Gasteiger partial charge in [-0.05, 0) is 12.5 Å². The van der Waals surface area contributed by atoms with Crippen LogP contribution in [0.3, 0.4) is 0 Å². The Labute approximate surface area is 65.8 Å². The van der Waals surface area contributed by atoms with E-state index in [-0.39, 0.29) is 5.92 Å². The fraction of sp³-hybridized carbons (Fsp3) is 0.500. The predicted octanol–water partition coefficient (Wildman–Crippen LogP) is 1.05. The Morgan fingerprint density at radius 3 is 2.45 bits per heavy atom. The second-order valence-corrected chi connectivity index (χ2v) is 2.76. The summed E-state index contributed by atoms with van der Waals surface area (Å²) in [6.45, 7) is 1.93. The van der Waals surface area contributed by atoms with E-state index in [0.717, 1.165) is 6.42 Å². The smallest absolute Gasteiger partial charge is 0.127 e. The number of rotatable bonds is 1. The zero-order valence-corrected chi connectivity index (χ0v) is 6.55. The van der Waals surface area contributed by atoms with Crippen molar-refractivity contribution in [3.8, 4) is 0 Å². The molecular formula is C8H13FN2. The van der Waals surface area contributed by atoms with Crippen LogP contribution < -0.4 is 11.5 Å². The highest BCUT2D eigenvalue weighted by molar-refractivity contribution is 5.31. The molecule has 62 valence electrons. The first-order valence-corrected chi connectivity index (χ1v) is 3.74. The van der Waals surface area contributed by atoms with Gasteiger partial charge in [0.25, 0.3) is 0 Å². The summed E-state index contributed by atoms with van der Waals surface area (Å²) in [7, 11) is 0. The zero-order valence-electron chi connectivity index (χ0n) is 6.55. The molecule has 0 aromatic rings. The molecular weight excluding hydrogens is 143 g/mol. The van der Waals surface area contributed by atoms with Crippen LogP contribution in [0.25, 0.3) is 0 Å². The number of allylic oxidation sites excluding steroid dienone is 2. The van der Waals surface area contributed by atoms with Crippen molar-refractivity contribution in [1.82, 2.24) is 0 Å². The summed E-state index contributed by atoms with van der Waals surface area (Å²) in [5.41, 5.74) is 11.8. The van der Waals surface area contributed by atoms with Gasteiger partial charge in [0.1, 0.15) is 6.17 Å². The van der Waals surface area contributed by atoms with E-state index in [4.69, 9.17) is 11.5 Å². The van der Waals surface area contributed by atoms with E-state index < -0.39 is 6.17 Å². The molecule has 0 heterocycles. The average molecular weight is 156 g/mol. The van der Waals surface area contributed by atoms with E-state index in [1.807, 2.05) is 6.92 Å². The Kier molecular flexibility index (Phi) is 2.17. The van der Waals surface area contributed by atoms with Gasteiger partial charge in [-0.2, -0.15) is 0 Å². The lowest BCUT2D eigenvalue weighted by atomic mass is 9.94. The average Bonchev–Trinajstić information content (AvgIpc) is 1.97. The summed E-state index contributed by atoms with van der Waals surface area (Å²) in [6.07, 6.45) is 2.86. The molecule has 2 nitrogen and oxygen atoms in total. The van der Waals surface area contributed by atoms with Crippen LogP contribution in [0.5, 0.6) is 0 Å². The Bertz CT molecular complexity index is 208. The van der Waals surface area contributed by atoms with Crippen molar-refractivity contribution >= 4 is 0 Å². The molecule has 1 aliphatic rings. The quantitative estimate of drug-likeness (QED) is 0.596. The molecule has 0 amide bonds. The van der Waals surface area contributed by atoms with Gasteiger partial charge in [0, 0.05) is 5.92 Å². The van der Waals surface area contributed by atoms with Gasteiger partial charge in [0.2, 0.25) is 0 Å². The molecule has 2 unspecified atom stereocenters. The maximum Gasteiger partial charge on any atom is 0.127 e. The van der Waals surface area contributed by atoms with E-state index in [1.54, 1.807) is 6.08 Å². The lowest BCUT2D eigenvalue weighted by Crippen LogP contribution is -2.22. The largest absolute Gasteiger partial charge is 0.397 e. The summed E-state index contributed by atoms with van der Waals surface area (Å²) < 4.78 is 13.0. The van der Waals surface area contributed by atoms with E-state index in [0.29, 0.717) is 11.4 Å². The summed E-state index contributed by atoms with van der Waals surface area (Å²) in [4.78, 5) is 0. The van der Waals surface area contributed by atoms with E-state index in [9.17, 15) is 4.39 Å². The first-order valence-electron chi connectivity index (χ1n) is 3.74. The van der Waals surface area contributed by atoms with Crippen molar-refractivity contribution in [2.24, 2.45) is 17.4 Å². The highest BCUT2D eigenvalue weighted by Crippen LogP contribution is 2.22. The van der Waals surface area contributed by atoms with Crippen molar-refractivity contribution in [1.29, 1.82) is 0 Å². The molecule has 1 aliphatic carbocycles. The second kappa shape index (κ2) is 2.95. The number of hydrogen-bond donors (Lipinski definition) is 2. The number of hydrogen-bond acceptors (Lipinski definition) is 2. The molecule has 2 atom stereocenters. The van der Waals surface area contributed by atoms with Crippen LogP contribution in [0.15, 0.2) is 23.5 Å². The minimum atomic E-state index is -0.965. The van der Waals surface area contributed by atoms with Crippen LogP contribution in [-0.2, 0) is 0 Å². The highest BCUT2D eigenvalue weighted by atomic mass is 19.1. The molecule has 3 heteroatoms. The zero-order chi connectivity index (χ0) is 8.43.